The van der Waals surface area contributed by atoms with Gasteiger partial charge >= 0.3 is 0 Å². The second kappa shape index (κ2) is 2.87. The molecule has 1 heterocycles. The third-order valence-corrected chi connectivity index (χ3v) is 2.44. The molecule has 1 aromatic carbocycles. The van der Waals surface area contributed by atoms with Crippen LogP contribution in [0.1, 0.15) is 18.1 Å². The zero-order valence-corrected chi connectivity index (χ0v) is 7.18. The molecule has 2 rings (SSSR count). The van der Waals surface area contributed by atoms with Crippen LogP contribution in [0.2, 0.25) is 0 Å². The first-order valence-electron chi connectivity index (χ1n) is 4.30. The van der Waals surface area contributed by atoms with Gasteiger partial charge in [0.25, 0.3) is 0 Å². The van der Waals surface area contributed by atoms with Crippen molar-refractivity contribution in [2.75, 3.05) is 6.54 Å². The molecule has 0 unspecified atom stereocenters. The van der Waals surface area contributed by atoms with Crippen molar-refractivity contribution >= 4 is 0 Å². The molecule has 1 nitrogen and oxygen atoms in total. The van der Waals surface area contributed by atoms with Gasteiger partial charge in [0, 0.05) is 18.7 Å². The quantitative estimate of drug-likeness (QED) is 0.616. The molecule has 0 bridgehead atoms. The molecule has 0 aliphatic carbocycles. The number of nitrogens with zero attached hydrogens (tertiary/aromatic N) is 1. The van der Waals surface area contributed by atoms with Crippen molar-refractivity contribution in [1.82, 2.24) is 4.90 Å². The van der Waals surface area contributed by atoms with Crippen LogP contribution in [0.3, 0.4) is 0 Å². The Bertz CT molecular complexity index is 296. The largest absolute Gasteiger partial charge is 0.295 e. The summed E-state index contributed by atoms with van der Waals surface area (Å²) in [4.78, 5) is 2.23. The van der Waals surface area contributed by atoms with E-state index in [9.17, 15) is 4.39 Å². The fourth-order valence-corrected chi connectivity index (χ4v) is 1.67. The molecule has 0 fully saturated rings. The van der Waals surface area contributed by atoms with Gasteiger partial charge in [0.2, 0.25) is 0 Å². The maximum absolute atomic E-state index is 13.2. The molecule has 1 aliphatic rings. The van der Waals surface area contributed by atoms with Crippen molar-refractivity contribution in [3.05, 3.63) is 35.1 Å². The van der Waals surface area contributed by atoms with Gasteiger partial charge in [-0.25, -0.2) is 4.39 Å². The van der Waals surface area contributed by atoms with Crippen LogP contribution in [0, 0.1) is 5.82 Å². The molecular weight excluding hydrogens is 153 g/mol. The molecule has 0 saturated carbocycles. The summed E-state index contributed by atoms with van der Waals surface area (Å²) in [7, 11) is 0. The second-order valence-corrected chi connectivity index (χ2v) is 3.18. The number of rotatable bonds is 1. The standard InChI is InChI=1S/C10H12FN/c1-2-12-6-8-4-3-5-10(11)9(8)7-12/h3-5H,2,6-7H2,1H3. The molecule has 1 aromatic rings. The summed E-state index contributed by atoms with van der Waals surface area (Å²) in [5.41, 5.74) is 2.04. The van der Waals surface area contributed by atoms with E-state index in [2.05, 4.69) is 11.8 Å². The van der Waals surface area contributed by atoms with E-state index in [4.69, 9.17) is 0 Å². The number of halogens is 1. The highest BCUT2D eigenvalue weighted by Gasteiger charge is 2.19. The number of benzene rings is 1. The highest BCUT2D eigenvalue weighted by Crippen LogP contribution is 2.24. The molecule has 0 amide bonds. The molecule has 0 N–H and O–H groups in total. The van der Waals surface area contributed by atoms with Gasteiger partial charge in [-0.05, 0) is 18.2 Å². The van der Waals surface area contributed by atoms with Crippen LogP contribution in [0.15, 0.2) is 18.2 Å². The fraction of sp³-hybridized carbons (Fsp3) is 0.400. The Morgan fingerprint density at radius 2 is 2.25 bits per heavy atom. The van der Waals surface area contributed by atoms with Gasteiger partial charge in [0.15, 0.2) is 0 Å². The van der Waals surface area contributed by atoms with E-state index < -0.39 is 0 Å². The van der Waals surface area contributed by atoms with Gasteiger partial charge in [0.1, 0.15) is 5.82 Å². The molecule has 0 aromatic heterocycles. The Morgan fingerprint density at radius 1 is 1.42 bits per heavy atom. The van der Waals surface area contributed by atoms with Gasteiger partial charge in [-0.1, -0.05) is 19.1 Å². The van der Waals surface area contributed by atoms with E-state index >= 15 is 0 Å². The lowest BCUT2D eigenvalue weighted by atomic mass is 10.1. The van der Waals surface area contributed by atoms with E-state index in [1.807, 2.05) is 6.07 Å². The van der Waals surface area contributed by atoms with Crippen molar-refractivity contribution in [2.45, 2.75) is 20.0 Å². The predicted octanol–water partition coefficient (Wildman–Crippen LogP) is 2.16. The Labute approximate surface area is 71.8 Å². The van der Waals surface area contributed by atoms with Crippen molar-refractivity contribution in [2.24, 2.45) is 0 Å². The Morgan fingerprint density at radius 3 is 2.92 bits per heavy atom. The lowest BCUT2D eigenvalue weighted by Gasteiger charge is -2.09. The highest BCUT2D eigenvalue weighted by atomic mass is 19.1. The van der Waals surface area contributed by atoms with Gasteiger partial charge in [0.05, 0.1) is 0 Å². The van der Waals surface area contributed by atoms with Gasteiger partial charge < -0.3 is 0 Å². The fourth-order valence-electron chi connectivity index (χ4n) is 1.67. The van der Waals surface area contributed by atoms with Crippen LogP contribution >= 0.6 is 0 Å². The summed E-state index contributed by atoms with van der Waals surface area (Å²) in [6.45, 7) is 4.78. The lowest BCUT2D eigenvalue weighted by Crippen LogP contribution is -2.14. The zero-order valence-electron chi connectivity index (χ0n) is 7.18. The van der Waals surface area contributed by atoms with Crippen LogP contribution in [-0.4, -0.2) is 11.4 Å². The number of fused-ring (bicyclic) bond motifs is 1. The SMILES string of the molecule is CCN1Cc2cccc(F)c2C1. The summed E-state index contributed by atoms with van der Waals surface area (Å²) in [6, 6.07) is 5.33. The Balaban J connectivity index is 2.35. The first kappa shape index (κ1) is 7.74. The van der Waals surface area contributed by atoms with Gasteiger partial charge in [-0.3, -0.25) is 4.90 Å². The normalized spacial score (nSPS) is 16.5. The van der Waals surface area contributed by atoms with Crippen molar-refractivity contribution in [1.29, 1.82) is 0 Å². The van der Waals surface area contributed by atoms with E-state index in [1.165, 1.54) is 6.07 Å². The zero-order chi connectivity index (χ0) is 8.55. The van der Waals surface area contributed by atoms with Crippen LogP contribution in [-0.2, 0) is 13.1 Å². The third-order valence-electron chi connectivity index (χ3n) is 2.44. The molecule has 0 saturated heterocycles. The van der Waals surface area contributed by atoms with Crippen LogP contribution in [0.5, 0.6) is 0 Å². The summed E-state index contributed by atoms with van der Waals surface area (Å²) >= 11 is 0. The molecular formula is C10H12FN. The summed E-state index contributed by atoms with van der Waals surface area (Å²) in [6.07, 6.45) is 0. The summed E-state index contributed by atoms with van der Waals surface area (Å²) in [5.74, 6) is -0.0524. The monoisotopic (exact) mass is 165 g/mol. The molecule has 64 valence electrons. The van der Waals surface area contributed by atoms with Gasteiger partial charge in [-0.15, -0.1) is 0 Å². The van der Waals surface area contributed by atoms with E-state index in [0.717, 1.165) is 30.8 Å². The minimum Gasteiger partial charge on any atom is -0.295 e. The van der Waals surface area contributed by atoms with Crippen molar-refractivity contribution < 1.29 is 4.39 Å². The van der Waals surface area contributed by atoms with Gasteiger partial charge in [-0.2, -0.15) is 0 Å². The maximum atomic E-state index is 13.2. The summed E-state index contributed by atoms with van der Waals surface area (Å²) in [5, 5.41) is 0. The second-order valence-electron chi connectivity index (χ2n) is 3.18. The van der Waals surface area contributed by atoms with Crippen LogP contribution in [0.4, 0.5) is 4.39 Å². The lowest BCUT2D eigenvalue weighted by molar-refractivity contribution is 0.298. The van der Waals surface area contributed by atoms with E-state index in [-0.39, 0.29) is 5.82 Å². The Kier molecular flexibility index (Phi) is 1.85. The van der Waals surface area contributed by atoms with E-state index in [1.54, 1.807) is 6.07 Å². The average Bonchev–Trinajstić information content (AvgIpc) is 2.49. The molecule has 1 aliphatic heterocycles. The average molecular weight is 165 g/mol. The summed E-state index contributed by atoms with van der Waals surface area (Å²) < 4.78 is 13.2. The van der Waals surface area contributed by atoms with Crippen molar-refractivity contribution in [3.8, 4) is 0 Å². The number of hydrogen-bond acceptors (Lipinski definition) is 1. The maximum Gasteiger partial charge on any atom is 0.128 e. The first-order valence-corrected chi connectivity index (χ1v) is 4.30. The molecule has 0 atom stereocenters. The highest BCUT2D eigenvalue weighted by molar-refractivity contribution is 5.31. The number of hydrogen-bond donors (Lipinski definition) is 0. The minimum absolute atomic E-state index is 0.0524. The topological polar surface area (TPSA) is 3.24 Å². The predicted molar refractivity (Wildman–Crippen MR) is 46.2 cm³/mol. The Hall–Kier alpha value is -0.890. The molecule has 0 spiro atoms. The molecule has 2 heteroatoms. The smallest absolute Gasteiger partial charge is 0.128 e. The van der Waals surface area contributed by atoms with E-state index in [0.29, 0.717) is 0 Å². The van der Waals surface area contributed by atoms with Crippen LogP contribution < -0.4 is 0 Å². The third kappa shape index (κ3) is 1.12. The minimum atomic E-state index is -0.0524. The molecule has 12 heavy (non-hydrogen) atoms. The van der Waals surface area contributed by atoms with Crippen LogP contribution in [0.25, 0.3) is 0 Å². The van der Waals surface area contributed by atoms with Crippen molar-refractivity contribution in [3.63, 3.8) is 0 Å². The first-order chi connectivity index (χ1) is 5.81. The molecule has 0 radical (unpaired) electrons.